The zero-order valence-corrected chi connectivity index (χ0v) is 28.7. The smallest absolute Gasteiger partial charge is 0.319 e. The van der Waals surface area contributed by atoms with Gasteiger partial charge in [-0.1, -0.05) is 41.9 Å². The summed E-state index contributed by atoms with van der Waals surface area (Å²) in [7, 11) is 0. The lowest BCUT2D eigenvalue weighted by Crippen LogP contribution is -2.48. The number of anilines is 1. The molecule has 4 atom stereocenters. The number of carbonyl (C=O) groups is 1. The van der Waals surface area contributed by atoms with Crippen LogP contribution < -0.4 is 9.64 Å². The van der Waals surface area contributed by atoms with Gasteiger partial charge in [-0.05, 0) is 56.3 Å². The van der Waals surface area contributed by atoms with Gasteiger partial charge in [-0.25, -0.2) is 18.7 Å². The highest BCUT2D eigenvalue weighted by atomic mass is 35.5. The Morgan fingerprint density at radius 1 is 1.08 bits per heavy atom. The molecule has 0 radical (unpaired) electrons. The van der Waals surface area contributed by atoms with E-state index in [0.717, 1.165) is 31.2 Å². The highest BCUT2D eigenvalue weighted by Gasteiger charge is 2.50. The van der Waals surface area contributed by atoms with Gasteiger partial charge in [-0.2, -0.15) is 9.97 Å². The summed E-state index contributed by atoms with van der Waals surface area (Å²) in [5, 5.41) is 2.51. The summed E-state index contributed by atoms with van der Waals surface area (Å²) < 4.78 is 37.8. The normalized spacial score (nSPS) is 24.4. The molecule has 10 nitrogen and oxygen atoms in total. The summed E-state index contributed by atoms with van der Waals surface area (Å²) >= 11 is 6.63. The fraction of sp³-hybridized carbons (Fsp3) is 0.368. The number of carbonyl (C=O) groups excluding carboxylic acids is 1. The van der Waals surface area contributed by atoms with Crippen LogP contribution in [-0.4, -0.2) is 97.2 Å². The van der Waals surface area contributed by atoms with Crippen molar-refractivity contribution in [1.29, 1.82) is 0 Å². The monoisotopic (exact) mass is 708 g/mol. The second-order valence-corrected chi connectivity index (χ2v) is 14.5. The van der Waals surface area contributed by atoms with Crippen LogP contribution >= 0.6 is 11.6 Å². The first-order valence-electron chi connectivity index (χ1n) is 17.4. The van der Waals surface area contributed by atoms with E-state index in [2.05, 4.69) is 29.7 Å². The number of aromatic nitrogens is 5. The summed E-state index contributed by atoms with van der Waals surface area (Å²) in [4.78, 5) is 42.1. The average Bonchev–Trinajstić information content (AvgIpc) is 3.90. The van der Waals surface area contributed by atoms with Gasteiger partial charge in [0, 0.05) is 60.5 Å². The molecule has 4 aliphatic rings. The molecule has 0 saturated carbocycles. The number of piperazine rings is 1. The first kappa shape index (κ1) is 32.1. The van der Waals surface area contributed by atoms with Crippen molar-refractivity contribution >= 4 is 51.1 Å². The average molecular weight is 709 g/mol. The Bertz CT molecular complexity index is 2230. The number of amides is 1. The lowest BCUT2D eigenvalue weighted by molar-refractivity contribution is -0.126. The number of nitrogens with zero attached hydrogens (tertiary/aromatic N) is 8. The Morgan fingerprint density at radius 2 is 1.94 bits per heavy atom. The van der Waals surface area contributed by atoms with Crippen LogP contribution in [0.2, 0.25) is 5.02 Å². The van der Waals surface area contributed by atoms with E-state index in [1.165, 1.54) is 0 Å². The number of benzene rings is 2. The largest absolute Gasteiger partial charge is 0.461 e. The highest BCUT2D eigenvalue weighted by molar-refractivity contribution is 6.36. The van der Waals surface area contributed by atoms with Crippen molar-refractivity contribution in [2.24, 2.45) is 0 Å². The van der Waals surface area contributed by atoms with E-state index in [4.69, 9.17) is 21.3 Å². The number of alkyl halides is 1. The maximum atomic E-state index is 16.9. The summed E-state index contributed by atoms with van der Waals surface area (Å²) in [6.07, 6.45) is 8.56. The molecule has 0 N–H and O–H groups in total. The summed E-state index contributed by atoms with van der Waals surface area (Å²) in [6.45, 7) is 4.22. The molecule has 9 rings (SSSR count). The fourth-order valence-electron chi connectivity index (χ4n) is 8.65. The number of halogens is 3. The quantitative estimate of drug-likeness (QED) is 0.183. The van der Waals surface area contributed by atoms with Crippen molar-refractivity contribution in [2.75, 3.05) is 37.7 Å². The van der Waals surface area contributed by atoms with Gasteiger partial charge in [-0.3, -0.25) is 14.7 Å². The van der Waals surface area contributed by atoms with Crippen LogP contribution in [0.4, 0.5) is 14.6 Å². The molecular formula is C38H35ClF2N8O2. The van der Waals surface area contributed by atoms with Crippen LogP contribution in [-0.2, 0) is 4.79 Å². The molecule has 0 spiro atoms. The minimum atomic E-state index is -0.911. The lowest BCUT2D eigenvalue weighted by atomic mass is 9.95. The second kappa shape index (κ2) is 12.4. The molecule has 4 aliphatic heterocycles. The van der Waals surface area contributed by atoms with E-state index in [1.807, 2.05) is 29.2 Å². The van der Waals surface area contributed by atoms with Crippen molar-refractivity contribution in [3.63, 3.8) is 0 Å². The maximum absolute atomic E-state index is 16.9. The maximum Gasteiger partial charge on any atom is 0.319 e. The zero-order valence-electron chi connectivity index (χ0n) is 28.0. The standard InChI is InChI=1S/C38H35ClF2N8O2/c1-22-42-13-11-25(44-22)9-10-31(50)48-19-27-15-26(48)20-49(27)36-29-17-43-34(28-7-2-5-23-6-3-8-30(39)32(23)28)33(41)35(29)45-37(46-36)51-21-38-12-4-14-47(38)18-24(40)16-38/h2-3,5-11,13,17,24,26-27H,4,12,14-16,18-21H2,1H3/b10-9+/t24-,26-,27-,38+/m1/s1. The Labute approximate surface area is 298 Å². The van der Waals surface area contributed by atoms with Gasteiger partial charge in [0.05, 0.1) is 28.7 Å². The first-order chi connectivity index (χ1) is 24.8. The van der Waals surface area contributed by atoms with Crippen LogP contribution in [0.25, 0.3) is 39.0 Å². The van der Waals surface area contributed by atoms with Crippen molar-refractivity contribution < 1.29 is 18.3 Å². The summed E-state index contributed by atoms with van der Waals surface area (Å²) in [6, 6.07) is 12.8. The minimum Gasteiger partial charge on any atom is -0.461 e. The third kappa shape index (κ3) is 5.55. The molecule has 0 aliphatic carbocycles. The molecule has 4 saturated heterocycles. The van der Waals surface area contributed by atoms with E-state index in [-0.39, 0.29) is 41.8 Å². The molecule has 13 heteroatoms. The molecule has 5 aromatic rings. The number of likely N-dealkylation sites (tertiary alicyclic amines) is 1. The molecule has 1 amide bonds. The van der Waals surface area contributed by atoms with E-state index in [1.54, 1.807) is 49.7 Å². The van der Waals surface area contributed by atoms with Crippen LogP contribution in [0.3, 0.4) is 0 Å². The SMILES string of the molecule is Cc1nccc(/C=C/C(=O)N2C[C@H]3C[C@@H]2CN3c2nc(OC[C@@]34CCCN3C[C@H](F)C4)nc3c(F)c(-c4cccc5cccc(Cl)c45)ncc23)n1. The van der Waals surface area contributed by atoms with Gasteiger partial charge in [0.1, 0.15) is 35.6 Å². The minimum absolute atomic E-state index is 0.0341. The van der Waals surface area contributed by atoms with Gasteiger partial charge in [0.15, 0.2) is 5.82 Å². The number of rotatable bonds is 7. The molecule has 0 unspecified atom stereocenters. The molecule has 2 bridgehead atoms. The molecule has 7 heterocycles. The predicted octanol–water partition coefficient (Wildman–Crippen LogP) is 6.19. The molecule has 4 fully saturated rings. The summed E-state index contributed by atoms with van der Waals surface area (Å²) in [5.41, 5.74) is 1.00. The van der Waals surface area contributed by atoms with Crippen molar-refractivity contribution in [1.82, 2.24) is 34.7 Å². The van der Waals surface area contributed by atoms with Crippen LogP contribution in [0.1, 0.15) is 37.2 Å². The van der Waals surface area contributed by atoms with Crippen molar-refractivity contribution in [3.8, 4) is 17.3 Å². The molecule has 260 valence electrons. The topological polar surface area (TPSA) is 100 Å². The third-order valence-electron chi connectivity index (χ3n) is 11.0. The van der Waals surface area contributed by atoms with Crippen molar-refractivity contribution in [2.45, 2.75) is 56.4 Å². The van der Waals surface area contributed by atoms with Crippen LogP contribution in [0, 0.1) is 12.7 Å². The predicted molar refractivity (Wildman–Crippen MR) is 191 cm³/mol. The number of aryl methyl sites for hydroxylation is 1. The Balaban J connectivity index is 1.07. The second-order valence-electron chi connectivity index (χ2n) is 14.1. The first-order valence-corrected chi connectivity index (χ1v) is 17.7. The van der Waals surface area contributed by atoms with E-state index in [9.17, 15) is 9.18 Å². The zero-order chi connectivity index (χ0) is 34.9. The highest BCUT2D eigenvalue weighted by Crippen LogP contribution is 2.43. The Hall–Kier alpha value is -4.81. The van der Waals surface area contributed by atoms with Gasteiger partial charge in [0.25, 0.3) is 0 Å². The van der Waals surface area contributed by atoms with E-state index >= 15 is 4.39 Å². The van der Waals surface area contributed by atoms with E-state index < -0.39 is 17.5 Å². The van der Waals surface area contributed by atoms with Gasteiger partial charge >= 0.3 is 6.01 Å². The molecule has 51 heavy (non-hydrogen) atoms. The van der Waals surface area contributed by atoms with Crippen LogP contribution in [0.15, 0.2) is 60.9 Å². The summed E-state index contributed by atoms with van der Waals surface area (Å²) in [5.74, 6) is 0.440. The lowest BCUT2D eigenvalue weighted by Gasteiger charge is -2.35. The third-order valence-corrected chi connectivity index (χ3v) is 11.3. The number of hydrogen-bond acceptors (Lipinski definition) is 9. The number of pyridine rings is 1. The van der Waals surface area contributed by atoms with Crippen molar-refractivity contribution in [3.05, 3.63) is 83.3 Å². The van der Waals surface area contributed by atoms with Gasteiger partial charge in [0.2, 0.25) is 5.91 Å². The molecule has 2 aromatic carbocycles. The molecule has 3 aromatic heterocycles. The fourth-order valence-corrected chi connectivity index (χ4v) is 8.93. The number of ether oxygens (including phenoxy) is 1. The van der Waals surface area contributed by atoms with Gasteiger partial charge in [-0.15, -0.1) is 0 Å². The van der Waals surface area contributed by atoms with Gasteiger partial charge < -0.3 is 14.5 Å². The van der Waals surface area contributed by atoms with Crippen LogP contribution in [0.5, 0.6) is 6.01 Å². The van der Waals surface area contributed by atoms with E-state index in [0.29, 0.717) is 64.7 Å². The number of hydrogen-bond donors (Lipinski definition) is 0. The number of fused-ring (bicyclic) bond motifs is 5. The molecular weight excluding hydrogens is 674 g/mol. The Kier molecular flexibility index (Phi) is 7.84. The Morgan fingerprint density at radius 3 is 2.76 bits per heavy atom.